The van der Waals surface area contributed by atoms with Gasteiger partial charge in [-0.2, -0.15) is 0 Å². The first-order chi connectivity index (χ1) is 11.3. The van der Waals surface area contributed by atoms with Crippen LogP contribution in [0.1, 0.15) is 24.8 Å². The van der Waals surface area contributed by atoms with E-state index in [1.807, 2.05) is 37.3 Å². The van der Waals surface area contributed by atoms with Crippen molar-refractivity contribution in [2.75, 3.05) is 12.4 Å². The number of carbonyl (C=O) groups excluding carboxylic acids is 1. The zero-order valence-electron chi connectivity index (χ0n) is 13.5. The van der Waals surface area contributed by atoms with E-state index in [1.54, 1.807) is 6.07 Å². The van der Waals surface area contributed by atoms with Gasteiger partial charge in [0.25, 0.3) is 0 Å². The van der Waals surface area contributed by atoms with Crippen molar-refractivity contribution in [3.05, 3.63) is 54.1 Å². The van der Waals surface area contributed by atoms with E-state index in [0.717, 1.165) is 5.56 Å². The van der Waals surface area contributed by atoms with Gasteiger partial charge in [-0.1, -0.05) is 37.3 Å². The molecule has 0 aromatic heterocycles. The Balaban J connectivity index is 2.12. The molecule has 0 radical (unpaired) electrons. The van der Waals surface area contributed by atoms with Crippen LogP contribution in [-0.4, -0.2) is 21.4 Å². The lowest BCUT2D eigenvalue weighted by Gasteiger charge is -2.13. The van der Waals surface area contributed by atoms with Crippen molar-refractivity contribution < 1.29 is 17.9 Å². The molecular formula is C17H20N2O4S. The molecule has 0 saturated carbocycles. The normalized spacial score (nSPS) is 12.5. The summed E-state index contributed by atoms with van der Waals surface area (Å²) in [7, 11) is -2.60. The highest BCUT2D eigenvalue weighted by atomic mass is 32.2. The third-order valence-corrected chi connectivity index (χ3v) is 4.55. The average molecular weight is 348 g/mol. The highest BCUT2D eigenvalue weighted by Gasteiger charge is 2.17. The van der Waals surface area contributed by atoms with Crippen LogP contribution < -0.4 is 15.2 Å². The third kappa shape index (κ3) is 4.56. The summed E-state index contributed by atoms with van der Waals surface area (Å²) in [5.74, 6) is -0.0350. The molecule has 2 rings (SSSR count). The molecule has 6 nitrogen and oxygen atoms in total. The molecule has 0 saturated heterocycles. The molecular weight excluding hydrogens is 328 g/mol. The molecule has 0 fully saturated rings. The number of nitrogens with one attached hydrogen (secondary N) is 1. The number of carbonyl (C=O) groups is 1. The largest absolute Gasteiger partial charge is 0.495 e. The molecule has 3 N–H and O–H groups in total. The van der Waals surface area contributed by atoms with Crippen LogP contribution in [0.3, 0.4) is 0 Å². The smallest absolute Gasteiger partial charge is 0.241 e. The average Bonchev–Trinajstić information content (AvgIpc) is 2.54. The molecule has 7 heteroatoms. The maximum absolute atomic E-state index is 12.2. The highest BCUT2D eigenvalue weighted by molar-refractivity contribution is 7.89. The molecule has 0 spiro atoms. The summed E-state index contributed by atoms with van der Waals surface area (Å²) in [5, 5.41) is 7.86. The van der Waals surface area contributed by atoms with E-state index in [9.17, 15) is 13.2 Å². The molecule has 2 aromatic carbocycles. The lowest BCUT2D eigenvalue weighted by Crippen LogP contribution is -2.17. The van der Waals surface area contributed by atoms with Crippen molar-refractivity contribution in [2.45, 2.75) is 24.2 Å². The number of amides is 1. The molecule has 1 atom stereocenters. The molecule has 0 aliphatic carbocycles. The van der Waals surface area contributed by atoms with Gasteiger partial charge >= 0.3 is 0 Å². The van der Waals surface area contributed by atoms with Gasteiger partial charge in [0.15, 0.2) is 0 Å². The van der Waals surface area contributed by atoms with Gasteiger partial charge in [0.05, 0.1) is 7.11 Å². The number of anilines is 1. The fraction of sp³-hybridized carbons (Fsp3) is 0.235. The first-order valence-corrected chi connectivity index (χ1v) is 8.91. The fourth-order valence-corrected chi connectivity index (χ4v) is 3.09. The van der Waals surface area contributed by atoms with Gasteiger partial charge in [-0.25, -0.2) is 13.6 Å². The van der Waals surface area contributed by atoms with Crippen LogP contribution in [0, 0.1) is 0 Å². The summed E-state index contributed by atoms with van der Waals surface area (Å²) in [4.78, 5) is 12.0. The van der Waals surface area contributed by atoms with Gasteiger partial charge in [-0.05, 0) is 29.7 Å². The predicted molar refractivity (Wildman–Crippen MR) is 92.5 cm³/mol. The van der Waals surface area contributed by atoms with Crippen molar-refractivity contribution in [2.24, 2.45) is 5.14 Å². The van der Waals surface area contributed by atoms with E-state index in [1.165, 1.54) is 19.2 Å². The summed E-state index contributed by atoms with van der Waals surface area (Å²) in [5.41, 5.74) is 1.41. The molecule has 0 bridgehead atoms. The van der Waals surface area contributed by atoms with Crippen LogP contribution in [0.2, 0.25) is 0 Å². The summed E-state index contributed by atoms with van der Waals surface area (Å²) in [6.07, 6.45) is 0.279. The van der Waals surface area contributed by atoms with Crippen LogP contribution in [0.4, 0.5) is 5.69 Å². The van der Waals surface area contributed by atoms with Gasteiger partial charge in [0, 0.05) is 12.1 Å². The number of hydrogen-bond acceptors (Lipinski definition) is 4. The number of sulfonamides is 1. The number of methoxy groups -OCH3 is 1. The second-order valence-electron chi connectivity index (χ2n) is 5.47. The molecule has 0 aliphatic rings. The van der Waals surface area contributed by atoms with E-state index in [-0.39, 0.29) is 28.9 Å². The third-order valence-electron chi connectivity index (χ3n) is 3.61. The van der Waals surface area contributed by atoms with Crippen LogP contribution >= 0.6 is 0 Å². The number of primary sulfonamides is 1. The lowest BCUT2D eigenvalue weighted by atomic mass is 9.97. The summed E-state index contributed by atoms with van der Waals surface area (Å²) < 4.78 is 28.2. The number of ether oxygens (including phenoxy) is 1. The molecule has 0 aliphatic heterocycles. The van der Waals surface area contributed by atoms with Crippen molar-refractivity contribution >= 4 is 21.6 Å². The van der Waals surface area contributed by atoms with Crippen LogP contribution in [0.5, 0.6) is 5.75 Å². The van der Waals surface area contributed by atoms with Crippen LogP contribution in [0.15, 0.2) is 53.4 Å². The monoisotopic (exact) mass is 348 g/mol. The molecule has 24 heavy (non-hydrogen) atoms. The summed E-state index contributed by atoms with van der Waals surface area (Å²) >= 11 is 0. The molecule has 1 unspecified atom stereocenters. The van der Waals surface area contributed by atoms with E-state index < -0.39 is 10.0 Å². The Labute approximate surface area is 141 Å². The number of benzene rings is 2. The van der Waals surface area contributed by atoms with Crippen molar-refractivity contribution in [3.63, 3.8) is 0 Å². The Morgan fingerprint density at radius 2 is 1.88 bits per heavy atom. The van der Waals surface area contributed by atoms with Crippen molar-refractivity contribution in [3.8, 4) is 5.75 Å². The Bertz CT molecular complexity index is 820. The van der Waals surface area contributed by atoms with Crippen molar-refractivity contribution in [1.29, 1.82) is 0 Å². The minimum absolute atomic E-state index is 0.0437. The summed E-state index contributed by atoms with van der Waals surface area (Å²) in [6.45, 7) is 1.96. The molecule has 0 heterocycles. The second kappa shape index (κ2) is 7.46. The van der Waals surface area contributed by atoms with Gasteiger partial charge in [-0.3, -0.25) is 4.79 Å². The lowest BCUT2D eigenvalue weighted by molar-refractivity contribution is -0.116. The number of hydrogen-bond donors (Lipinski definition) is 2. The quantitative estimate of drug-likeness (QED) is 0.838. The van der Waals surface area contributed by atoms with Crippen LogP contribution in [-0.2, 0) is 14.8 Å². The van der Waals surface area contributed by atoms with Gasteiger partial charge < -0.3 is 10.1 Å². The minimum atomic E-state index is -3.95. The van der Waals surface area contributed by atoms with E-state index in [0.29, 0.717) is 5.69 Å². The van der Waals surface area contributed by atoms with E-state index >= 15 is 0 Å². The highest BCUT2D eigenvalue weighted by Crippen LogP contribution is 2.26. The predicted octanol–water partition coefficient (Wildman–Crippen LogP) is 2.47. The number of rotatable bonds is 6. The number of nitrogens with two attached hydrogens (primary N) is 1. The van der Waals surface area contributed by atoms with Gasteiger partial charge in [0.1, 0.15) is 10.6 Å². The van der Waals surface area contributed by atoms with Gasteiger partial charge in [-0.15, -0.1) is 0 Å². The maximum atomic E-state index is 12.2. The molecule has 1 amide bonds. The molecule has 128 valence electrons. The SMILES string of the molecule is COc1ccc(NC(=O)CC(C)c2ccccc2)cc1S(N)(=O)=O. The zero-order chi connectivity index (χ0) is 17.7. The Hall–Kier alpha value is -2.38. The second-order valence-corrected chi connectivity index (χ2v) is 7.00. The van der Waals surface area contributed by atoms with E-state index in [4.69, 9.17) is 9.88 Å². The van der Waals surface area contributed by atoms with E-state index in [2.05, 4.69) is 5.32 Å². The standard InChI is InChI=1S/C17H20N2O4S/c1-12(13-6-4-3-5-7-13)10-17(20)19-14-8-9-15(23-2)16(11-14)24(18,21)22/h3-9,11-12H,10H2,1-2H3,(H,19,20)(H2,18,21,22). The van der Waals surface area contributed by atoms with Crippen LogP contribution in [0.25, 0.3) is 0 Å². The topological polar surface area (TPSA) is 98.5 Å². The first-order valence-electron chi connectivity index (χ1n) is 7.37. The Morgan fingerprint density at radius 1 is 1.21 bits per heavy atom. The van der Waals surface area contributed by atoms with Crippen molar-refractivity contribution in [1.82, 2.24) is 0 Å². The van der Waals surface area contributed by atoms with Gasteiger partial charge in [0.2, 0.25) is 15.9 Å². The fourth-order valence-electron chi connectivity index (χ4n) is 2.37. The zero-order valence-corrected chi connectivity index (χ0v) is 14.3. The first kappa shape index (κ1) is 18.0. The Morgan fingerprint density at radius 3 is 2.46 bits per heavy atom. The summed E-state index contributed by atoms with van der Waals surface area (Å²) in [6, 6.07) is 14.0. The Kier molecular flexibility index (Phi) is 5.58. The maximum Gasteiger partial charge on any atom is 0.241 e. The minimum Gasteiger partial charge on any atom is -0.495 e. The molecule has 2 aromatic rings.